The molecular formula is C12H20N4OS. The number of carbonyl (C=O) groups is 1. The number of rotatable bonds is 4. The van der Waals surface area contributed by atoms with E-state index in [4.69, 9.17) is 5.73 Å². The Morgan fingerprint density at radius 2 is 2.22 bits per heavy atom. The van der Waals surface area contributed by atoms with Crippen molar-refractivity contribution in [3.63, 3.8) is 0 Å². The van der Waals surface area contributed by atoms with Gasteiger partial charge in [0.15, 0.2) is 5.82 Å². The summed E-state index contributed by atoms with van der Waals surface area (Å²) in [5.41, 5.74) is 6.88. The lowest BCUT2D eigenvalue weighted by atomic mass is 10.1. The number of nitrogens with zero attached hydrogens (tertiary/aromatic N) is 1. The van der Waals surface area contributed by atoms with Gasteiger partial charge < -0.3 is 11.1 Å². The van der Waals surface area contributed by atoms with Crippen LogP contribution in [0.25, 0.3) is 0 Å². The van der Waals surface area contributed by atoms with Gasteiger partial charge in [-0.05, 0) is 26.0 Å². The van der Waals surface area contributed by atoms with Crippen LogP contribution < -0.4 is 11.1 Å². The van der Waals surface area contributed by atoms with Gasteiger partial charge in [-0.3, -0.25) is 9.89 Å². The van der Waals surface area contributed by atoms with Crippen LogP contribution in [0.1, 0.15) is 41.7 Å². The Labute approximate surface area is 111 Å². The van der Waals surface area contributed by atoms with Crippen LogP contribution in [0, 0.1) is 6.92 Å². The van der Waals surface area contributed by atoms with Gasteiger partial charge in [-0.2, -0.15) is 16.9 Å². The molecular weight excluding hydrogens is 248 g/mol. The molecule has 0 atom stereocenters. The predicted molar refractivity (Wildman–Crippen MR) is 74.8 cm³/mol. The third kappa shape index (κ3) is 2.48. The summed E-state index contributed by atoms with van der Waals surface area (Å²) >= 11 is 1.86. The van der Waals surface area contributed by atoms with E-state index in [2.05, 4.69) is 21.8 Å². The van der Waals surface area contributed by atoms with E-state index >= 15 is 0 Å². The van der Waals surface area contributed by atoms with E-state index in [1.807, 2.05) is 11.8 Å². The van der Waals surface area contributed by atoms with E-state index < -0.39 is 0 Å². The fourth-order valence-corrected chi connectivity index (χ4v) is 3.45. The second-order valence-corrected chi connectivity index (χ2v) is 6.16. The molecule has 0 aromatic carbocycles. The fraction of sp³-hybridized carbons (Fsp3) is 0.667. The van der Waals surface area contributed by atoms with Crippen LogP contribution in [0.4, 0.5) is 5.82 Å². The lowest BCUT2D eigenvalue weighted by molar-refractivity contribution is 0.0950. The van der Waals surface area contributed by atoms with Crippen molar-refractivity contribution >= 4 is 23.5 Å². The topological polar surface area (TPSA) is 83.8 Å². The van der Waals surface area contributed by atoms with E-state index in [1.54, 1.807) is 6.92 Å². The summed E-state index contributed by atoms with van der Waals surface area (Å²) in [4.78, 5) is 12.1. The molecule has 0 saturated heterocycles. The van der Waals surface area contributed by atoms with Gasteiger partial charge >= 0.3 is 0 Å². The molecule has 18 heavy (non-hydrogen) atoms. The Hall–Kier alpha value is -1.17. The van der Waals surface area contributed by atoms with E-state index in [0.29, 0.717) is 12.1 Å². The summed E-state index contributed by atoms with van der Waals surface area (Å²) in [7, 11) is 0. The minimum atomic E-state index is -0.126. The summed E-state index contributed by atoms with van der Waals surface area (Å²) in [6.45, 7) is 2.51. The lowest BCUT2D eigenvalue weighted by Crippen LogP contribution is -2.38. The van der Waals surface area contributed by atoms with Gasteiger partial charge in [0.05, 0.1) is 0 Å². The minimum Gasteiger partial charge on any atom is -0.382 e. The second-order valence-electron chi connectivity index (χ2n) is 4.89. The molecule has 0 spiro atoms. The first-order valence-corrected chi connectivity index (χ1v) is 7.44. The molecule has 2 rings (SSSR count). The van der Waals surface area contributed by atoms with Crippen LogP contribution in [-0.2, 0) is 0 Å². The van der Waals surface area contributed by atoms with Crippen molar-refractivity contribution in [3.8, 4) is 0 Å². The van der Waals surface area contributed by atoms with Crippen LogP contribution in [0.5, 0.6) is 0 Å². The van der Waals surface area contributed by atoms with Crippen molar-refractivity contribution in [3.05, 3.63) is 11.3 Å². The number of carbonyl (C=O) groups excluding carboxylic acids is 1. The number of aromatic nitrogens is 2. The highest BCUT2D eigenvalue weighted by Gasteiger charge is 2.33. The van der Waals surface area contributed by atoms with Crippen molar-refractivity contribution in [2.75, 3.05) is 18.5 Å². The number of H-pyrrole nitrogens is 1. The molecule has 6 heteroatoms. The number of amides is 1. The molecule has 0 unspecified atom stereocenters. The first-order chi connectivity index (χ1) is 8.58. The molecule has 0 radical (unpaired) electrons. The fourth-order valence-electron chi connectivity index (χ4n) is 2.54. The first-order valence-electron chi connectivity index (χ1n) is 6.22. The quantitative estimate of drug-likeness (QED) is 0.776. The molecule has 1 amide bonds. The molecule has 5 nitrogen and oxygen atoms in total. The zero-order valence-corrected chi connectivity index (χ0v) is 11.7. The SMILES string of the molecule is CSC1(CNC(=O)c2c(N)n[nH]c2C)CCCC1. The number of hydrogen-bond acceptors (Lipinski definition) is 4. The summed E-state index contributed by atoms with van der Waals surface area (Å²) in [6, 6.07) is 0. The maximum atomic E-state index is 12.1. The largest absolute Gasteiger partial charge is 0.382 e. The van der Waals surface area contributed by atoms with E-state index in [-0.39, 0.29) is 16.5 Å². The molecule has 1 aliphatic rings. The number of anilines is 1. The van der Waals surface area contributed by atoms with E-state index in [0.717, 1.165) is 5.69 Å². The molecule has 1 aromatic heterocycles. The Balaban J connectivity index is 2.00. The molecule has 0 aliphatic heterocycles. The second kappa shape index (κ2) is 5.22. The number of nitrogen functional groups attached to an aromatic ring is 1. The molecule has 1 saturated carbocycles. The van der Waals surface area contributed by atoms with Crippen molar-refractivity contribution in [1.82, 2.24) is 15.5 Å². The Morgan fingerprint density at radius 3 is 2.72 bits per heavy atom. The number of aromatic amines is 1. The number of nitrogens with one attached hydrogen (secondary N) is 2. The standard InChI is InChI=1S/C12H20N4OS/c1-8-9(10(13)16-15-8)11(17)14-7-12(18-2)5-3-4-6-12/h3-7H2,1-2H3,(H,14,17)(H3,13,15,16). The Bertz CT molecular complexity index is 418. The highest BCUT2D eigenvalue weighted by molar-refractivity contribution is 8.00. The maximum absolute atomic E-state index is 12.1. The normalized spacial score (nSPS) is 17.9. The number of thioether (sulfide) groups is 1. The van der Waals surface area contributed by atoms with Crippen LogP contribution in [0.2, 0.25) is 0 Å². The smallest absolute Gasteiger partial charge is 0.256 e. The van der Waals surface area contributed by atoms with Crippen molar-refractivity contribution in [1.29, 1.82) is 0 Å². The van der Waals surface area contributed by atoms with E-state index in [9.17, 15) is 4.79 Å². The Morgan fingerprint density at radius 1 is 1.56 bits per heavy atom. The molecule has 1 heterocycles. The third-order valence-electron chi connectivity index (χ3n) is 3.72. The van der Waals surface area contributed by atoms with Crippen molar-refractivity contribution in [2.45, 2.75) is 37.4 Å². The third-order valence-corrected chi connectivity index (χ3v) is 5.14. The monoisotopic (exact) mass is 268 g/mol. The van der Waals surface area contributed by atoms with Gasteiger partial charge in [-0.1, -0.05) is 12.8 Å². The van der Waals surface area contributed by atoms with Crippen LogP contribution in [0.15, 0.2) is 0 Å². The van der Waals surface area contributed by atoms with Gasteiger partial charge in [0.1, 0.15) is 5.56 Å². The van der Waals surface area contributed by atoms with Crippen LogP contribution in [0.3, 0.4) is 0 Å². The van der Waals surface area contributed by atoms with Crippen LogP contribution >= 0.6 is 11.8 Å². The minimum absolute atomic E-state index is 0.126. The highest BCUT2D eigenvalue weighted by Crippen LogP contribution is 2.39. The van der Waals surface area contributed by atoms with Gasteiger partial charge in [0, 0.05) is 17.0 Å². The van der Waals surface area contributed by atoms with Crippen LogP contribution in [-0.4, -0.2) is 33.7 Å². The van der Waals surface area contributed by atoms with Crippen molar-refractivity contribution in [2.24, 2.45) is 0 Å². The lowest BCUT2D eigenvalue weighted by Gasteiger charge is -2.26. The summed E-state index contributed by atoms with van der Waals surface area (Å²) < 4.78 is 0.210. The van der Waals surface area contributed by atoms with Gasteiger partial charge in [-0.15, -0.1) is 0 Å². The zero-order chi connectivity index (χ0) is 13.2. The molecule has 1 fully saturated rings. The Kier molecular flexibility index (Phi) is 3.85. The average Bonchev–Trinajstić information content (AvgIpc) is 2.95. The van der Waals surface area contributed by atoms with E-state index in [1.165, 1.54) is 25.7 Å². The van der Waals surface area contributed by atoms with Gasteiger partial charge in [-0.25, -0.2) is 0 Å². The maximum Gasteiger partial charge on any atom is 0.256 e. The highest BCUT2D eigenvalue weighted by atomic mass is 32.2. The molecule has 0 bridgehead atoms. The molecule has 4 N–H and O–H groups in total. The van der Waals surface area contributed by atoms with Gasteiger partial charge in [0.2, 0.25) is 0 Å². The predicted octanol–water partition coefficient (Wildman–Crippen LogP) is 1.71. The summed E-state index contributed by atoms with van der Waals surface area (Å²) in [5, 5.41) is 9.57. The van der Waals surface area contributed by atoms with Gasteiger partial charge in [0.25, 0.3) is 5.91 Å². The summed E-state index contributed by atoms with van der Waals surface area (Å²) in [6.07, 6.45) is 6.98. The number of nitrogens with two attached hydrogens (primary N) is 1. The molecule has 1 aliphatic carbocycles. The number of aryl methyl sites for hydroxylation is 1. The van der Waals surface area contributed by atoms with Crippen molar-refractivity contribution < 1.29 is 4.79 Å². The molecule has 100 valence electrons. The number of hydrogen-bond donors (Lipinski definition) is 3. The zero-order valence-electron chi connectivity index (χ0n) is 10.9. The average molecular weight is 268 g/mol. The molecule has 1 aromatic rings. The first kappa shape index (κ1) is 13.3. The summed E-state index contributed by atoms with van der Waals surface area (Å²) in [5.74, 6) is 0.147.